The molecular weight excluding hydrogens is 708 g/mol. The van der Waals surface area contributed by atoms with E-state index in [0.717, 1.165) is 54.7 Å². The van der Waals surface area contributed by atoms with Crippen molar-refractivity contribution in [3.63, 3.8) is 0 Å². The predicted molar refractivity (Wildman–Crippen MR) is 218 cm³/mol. The SMILES string of the molecule is CC[C@@H](C)NC(=O)c1cc(Nc2nc(-c3ccc4c(c3)N(C3CC(N5CCCCC5)C3)C(=O)C43CCN(C(C)=O)CC3)cc3ncn(C(C)C)c23)c(F)cc1C. The molecule has 5 heterocycles. The lowest BCUT2D eigenvalue weighted by atomic mass is 9.73. The fourth-order valence-electron chi connectivity index (χ4n) is 9.38. The lowest BCUT2D eigenvalue weighted by Crippen LogP contribution is -2.58. The number of aryl methyl sites for hydroxylation is 1. The molecule has 12 heteroatoms. The highest BCUT2D eigenvalue weighted by Gasteiger charge is 2.55. The molecule has 3 amide bonds. The van der Waals surface area contributed by atoms with Crippen molar-refractivity contribution in [2.75, 3.05) is 36.4 Å². The monoisotopic (exact) mass is 762 g/mol. The lowest BCUT2D eigenvalue weighted by molar-refractivity contribution is -0.134. The second-order valence-electron chi connectivity index (χ2n) is 16.9. The van der Waals surface area contributed by atoms with Gasteiger partial charge < -0.3 is 29.9 Å². The van der Waals surface area contributed by atoms with Crippen molar-refractivity contribution in [3.05, 3.63) is 65.2 Å². The Labute approximate surface area is 329 Å². The van der Waals surface area contributed by atoms with Crippen LogP contribution >= 0.6 is 0 Å². The van der Waals surface area contributed by atoms with Gasteiger partial charge in [0.2, 0.25) is 11.8 Å². The van der Waals surface area contributed by atoms with Gasteiger partial charge in [-0.2, -0.15) is 0 Å². The molecule has 11 nitrogen and oxygen atoms in total. The van der Waals surface area contributed by atoms with E-state index in [9.17, 15) is 14.4 Å². The topological polar surface area (TPSA) is 116 Å². The maximum absolute atomic E-state index is 15.7. The normalized spacial score (nSPS) is 21.4. The highest BCUT2D eigenvalue weighted by atomic mass is 19.1. The largest absolute Gasteiger partial charge is 0.350 e. The number of nitrogens with one attached hydrogen (secondary N) is 2. The Hall–Kier alpha value is -4.84. The van der Waals surface area contributed by atoms with Crippen molar-refractivity contribution in [2.45, 2.75) is 122 Å². The van der Waals surface area contributed by atoms with Crippen molar-refractivity contribution in [2.24, 2.45) is 0 Å². The lowest BCUT2D eigenvalue weighted by Gasteiger charge is -2.48. The summed E-state index contributed by atoms with van der Waals surface area (Å²) in [5.41, 5.74) is 5.25. The van der Waals surface area contributed by atoms with E-state index in [4.69, 9.17) is 9.97 Å². The van der Waals surface area contributed by atoms with E-state index in [-0.39, 0.29) is 41.5 Å². The molecule has 8 rings (SSSR count). The first-order valence-electron chi connectivity index (χ1n) is 20.6. The summed E-state index contributed by atoms with van der Waals surface area (Å²) in [7, 11) is 0. The van der Waals surface area contributed by atoms with E-state index in [1.807, 2.05) is 35.4 Å². The molecule has 4 aliphatic rings. The zero-order chi connectivity index (χ0) is 39.5. The van der Waals surface area contributed by atoms with E-state index < -0.39 is 11.2 Å². The first kappa shape index (κ1) is 38.1. The maximum Gasteiger partial charge on any atom is 0.251 e. The van der Waals surface area contributed by atoms with E-state index in [0.29, 0.717) is 60.1 Å². The van der Waals surface area contributed by atoms with Gasteiger partial charge in [-0.1, -0.05) is 25.5 Å². The number of pyridine rings is 1. The molecule has 56 heavy (non-hydrogen) atoms. The number of benzene rings is 2. The van der Waals surface area contributed by atoms with Gasteiger partial charge in [-0.05, 0) is 121 Å². The first-order chi connectivity index (χ1) is 26.9. The molecule has 2 N–H and O–H groups in total. The number of halogens is 1. The van der Waals surface area contributed by atoms with Gasteiger partial charge in [-0.15, -0.1) is 0 Å². The van der Waals surface area contributed by atoms with Crippen LogP contribution in [-0.2, 0) is 15.0 Å². The molecule has 2 saturated heterocycles. The number of carbonyl (C=O) groups excluding carboxylic acids is 3. The number of imidazole rings is 1. The summed E-state index contributed by atoms with van der Waals surface area (Å²) in [6.07, 6.45) is 9.42. The van der Waals surface area contributed by atoms with Gasteiger partial charge in [0.25, 0.3) is 5.91 Å². The van der Waals surface area contributed by atoms with Gasteiger partial charge >= 0.3 is 0 Å². The summed E-state index contributed by atoms with van der Waals surface area (Å²) < 4.78 is 17.8. The summed E-state index contributed by atoms with van der Waals surface area (Å²) in [5, 5.41) is 6.27. The summed E-state index contributed by atoms with van der Waals surface area (Å²) in [6.45, 7) is 14.8. The number of amides is 3. The number of rotatable bonds is 9. The van der Waals surface area contributed by atoms with E-state index >= 15 is 4.39 Å². The maximum atomic E-state index is 15.7. The molecule has 3 aliphatic heterocycles. The molecule has 296 valence electrons. The average Bonchev–Trinajstić information content (AvgIpc) is 3.70. The molecule has 0 bridgehead atoms. The average molecular weight is 763 g/mol. The standard InChI is InChI=1S/C44H55FN8O3/c1-7-28(5)47-42(55)33-23-37(35(45)19-27(33)4)49-41-40-38(46-25-52(40)26(2)3)24-36(48-41)30-11-12-34-39(20-30)53(32-21-31(22-32)51-15-9-8-10-16-51)43(56)44(34)13-17-50(18-14-44)29(6)54/h11-12,19-20,23-26,28,31-32H,7-10,13-18,21-22H2,1-6H3,(H,47,55)(H,48,49)/t28-,31?,32?/m1/s1. The quantitative estimate of drug-likeness (QED) is 0.180. The van der Waals surface area contributed by atoms with Crippen molar-refractivity contribution in [1.29, 1.82) is 0 Å². The molecule has 0 unspecified atom stereocenters. The summed E-state index contributed by atoms with van der Waals surface area (Å²) in [5.74, 6) is -0.128. The van der Waals surface area contributed by atoms with Crippen molar-refractivity contribution < 1.29 is 18.8 Å². The number of aromatic nitrogens is 3. The molecule has 1 saturated carbocycles. The molecule has 4 aromatic rings. The Morgan fingerprint density at radius 1 is 0.982 bits per heavy atom. The van der Waals surface area contributed by atoms with Crippen LogP contribution in [0.5, 0.6) is 0 Å². The van der Waals surface area contributed by atoms with E-state index in [1.54, 1.807) is 26.2 Å². The Morgan fingerprint density at radius 2 is 1.71 bits per heavy atom. The van der Waals surface area contributed by atoms with Crippen LogP contribution in [0, 0.1) is 12.7 Å². The van der Waals surface area contributed by atoms with Gasteiger partial charge in [0.05, 0.1) is 28.6 Å². The van der Waals surface area contributed by atoms with Crippen molar-refractivity contribution in [3.8, 4) is 11.3 Å². The molecule has 2 aromatic heterocycles. The number of likely N-dealkylation sites (tertiary alicyclic amines) is 2. The predicted octanol–water partition coefficient (Wildman–Crippen LogP) is 7.64. The number of anilines is 3. The number of fused-ring (bicyclic) bond motifs is 3. The fourth-order valence-corrected chi connectivity index (χ4v) is 9.38. The second-order valence-corrected chi connectivity index (χ2v) is 16.9. The zero-order valence-electron chi connectivity index (χ0n) is 33.6. The third-order valence-electron chi connectivity index (χ3n) is 13.0. The Bertz CT molecular complexity index is 2180. The van der Waals surface area contributed by atoms with Gasteiger partial charge in [-0.25, -0.2) is 14.4 Å². The summed E-state index contributed by atoms with van der Waals surface area (Å²) in [6, 6.07) is 11.8. The van der Waals surface area contributed by atoms with Crippen LogP contribution in [0.1, 0.15) is 114 Å². The van der Waals surface area contributed by atoms with Crippen LogP contribution in [0.25, 0.3) is 22.3 Å². The second kappa shape index (κ2) is 14.9. The molecule has 1 atom stereocenters. The highest BCUT2D eigenvalue weighted by molar-refractivity contribution is 6.09. The molecule has 1 aliphatic carbocycles. The number of carbonyl (C=O) groups is 3. The summed E-state index contributed by atoms with van der Waals surface area (Å²) >= 11 is 0. The van der Waals surface area contributed by atoms with Crippen molar-refractivity contribution in [1.82, 2.24) is 29.7 Å². The van der Waals surface area contributed by atoms with Crippen LogP contribution in [-0.4, -0.2) is 86.4 Å². The van der Waals surface area contributed by atoms with Crippen LogP contribution in [0.15, 0.2) is 42.7 Å². The van der Waals surface area contributed by atoms with E-state index in [2.05, 4.69) is 46.4 Å². The van der Waals surface area contributed by atoms with Gasteiger partial charge in [0, 0.05) is 61.0 Å². The first-order valence-corrected chi connectivity index (χ1v) is 20.6. The minimum absolute atomic E-state index is 0.0242. The fraction of sp³-hybridized carbons (Fsp3) is 0.523. The number of hydrogen-bond donors (Lipinski definition) is 2. The molecular formula is C44H55FN8O3. The minimum atomic E-state index is -0.669. The van der Waals surface area contributed by atoms with Crippen LogP contribution in [0.4, 0.5) is 21.6 Å². The number of piperidine rings is 2. The van der Waals surface area contributed by atoms with Crippen LogP contribution in [0.3, 0.4) is 0 Å². The minimum Gasteiger partial charge on any atom is -0.350 e. The Morgan fingerprint density at radius 3 is 2.39 bits per heavy atom. The molecule has 3 fully saturated rings. The Balaban J connectivity index is 1.18. The number of nitrogens with zero attached hydrogens (tertiary/aromatic N) is 6. The third kappa shape index (κ3) is 6.63. The molecule has 2 aromatic carbocycles. The highest BCUT2D eigenvalue weighted by Crippen LogP contribution is 2.52. The van der Waals surface area contributed by atoms with Gasteiger partial charge in [-0.3, -0.25) is 14.4 Å². The Kier molecular flexibility index (Phi) is 10.1. The molecule has 1 spiro atoms. The smallest absolute Gasteiger partial charge is 0.251 e. The van der Waals surface area contributed by atoms with Crippen molar-refractivity contribution >= 4 is 45.9 Å². The van der Waals surface area contributed by atoms with Gasteiger partial charge in [0.15, 0.2) is 5.82 Å². The number of hydrogen-bond acceptors (Lipinski definition) is 7. The molecule has 0 radical (unpaired) electrons. The van der Waals surface area contributed by atoms with Crippen LogP contribution in [0.2, 0.25) is 0 Å². The third-order valence-corrected chi connectivity index (χ3v) is 13.0. The van der Waals surface area contributed by atoms with E-state index in [1.165, 1.54) is 25.3 Å². The van der Waals surface area contributed by atoms with Gasteiger partial charge in [0.1, 0.15) is 11.3 Å². The van der Waals surface area contributed by atoms with Crippen LogP contribution < -0.4 is 15.5 Å². The zero-order valence-corrected chi connectivity index (χ0v) is 33.6. The summed E-state index contributed by atoms with van der Waals surface area (Å²) in [4.78, 5) is 56.8.